The summed E-state index contributed by atoms with van der Waals surface area (Å²) < 4.78 is 39.5. The van der Waals surface area contributed by atoms with E-state index >= 15 is 0 Å². The van der Waals surface area contributed by atoms with Crippen LogP contribution in [-0.2, 0) is 12.8 Å². The average Bonchev–Trinajstić information content (AvgIpc) is 3.20. The second-order valence-corrected chi connectivity index (χ2v) is 7.82. The standard InChI is InChI=1S/C17H12F3NOS2/c1-8-12(15(22)17(18,19)20)14(11-6-3-7-23-11)13-9-4-2-5-10(9)24-16(13)21-8/h3,6-7H,2,4-5H2,1H3. The Morgan fingerprint density at radius 1 is 1.29 bits per heavy atom. The summed E-state index contributed by atoms with van der Waals surface area (Å²) in [5, 5.41) is 2.55. The summed E-state index contributed by atoms with van der Waals surface area (Å²) in [6, 6.07) is 3.56. The van der Waals surface area contributed by atoms with Crippen molar-refractivity contribution in [2.75, 3.05) is 0 Å². The number of carbonyl (C=O) groups is 1. The Labute approximate surface area is 144 Å². The number of hydrogen-bond donors (Lipinski definition) is 0. The Balaban J connectivity index is 2.13. The lowest BCUT2D eigenvalue weighted by atomic mass is 9.95. The highest BCUT2D eigenvalue weighted by Gasteiger charge is 2.42. The number of hydrogen-bond acceptors (Lipinski definition) is 4. The number of Topliss-reactive ketones (excluding diaryl/α,β-unsaturated/α-hetero) is 1. The van der Waals surface area contributed by atoms with Gasteiger partial charge in [-0.15, -0.1) is 22.7 Å². The molecule has 24 heavy (non-hydrogen) atoms. The van der Waals surface area contributed by atoms with E-state index in [1.807, 2.05) is 5.38 Å². The number of thiophene rings is 2. The lowest BCUT2D eigenvalue weighted by Crippen LogP contribution is -2.24. The summed E-state index contributed by atoms with van der Waals surface area (Å²) in [5.74, 6) is -1.81. The molecule has 0 N–H and O–H groups in total. The summed E-state index contributed by atoms with van der Waals surface area (Å²) in [4.78, 5) is 19.1. The van der Waals surface area contributed by atoms with Gasteiger partial charge in [-0.3, -0.25) is 4.79 Å². The first-order chi connectivity index (χ1) is 11.4. The molecule has 3 heterocycles. The molecule has 0 radical (unpaired) electrons. The molecule has 3 aromatic heterocycles. The van der Waals surface area contributed by atoms with Gasteiger partial charge in [-0.05, 0) is 43.2 Å². The van der Waals surface area contributed by atoms with Crippen molar-refractivity contribution in [3.8, 4) is 10.4 Å². The zero-order valence-electron chi connectivity index (χ0n) is 12.7. The number of halogens is 3. The Bertz CT molecular complexity index is 955. The van der Waals surface area contributed by atoms with Crippen molar-refractivity contribution in [1.82, 2.24) is 4.98 Å². The van der Waals surface area contributed by atoms with Crippen molar-refractivity contribution in [3.63, 3.8) is 0 Å². The Kier molecular flexibility index (Phi) is 3.54. The number of nitrogens with zero attached hydrogens (tertiary/aromatic N) is 1. The van der Waals surface area contributed by atoms with Crippen molar-refractivity contribution < 1.29 is 18.0 Å². The number of fused-ring (bicyclic) bond motifs is 3. The maximum absolute atomic E-state index is 13.2. The quantitative estimate of drug-likeness (QED) is 0.555. The molecule has 0 unspecified atom stereocenters. The largest absolute Gasteiger partial charge is 0.454 e. The molecule has 0 atom stereocenters. The molecule has 0 amide bonds. The molecule has 0 spiro atoms. The molecule has 0 aliphatic heterocycles. The van der Waals surface area contributed by atoms with Crippen molar-refractivity contribution in [2.24, 2.45) is 0 Å². The second-order valence-electron chi connectivity index (χ2n) is 5.79. The molecule has 0 aromatic carbocycles. The lowest BCUT2D eigenvalue weighted by Gasteiger charge is -2.14. The van der Waals surface area contributed by atoms with Crippen molar-refractivity contribution in [1.29, 1.82) is 0 Å². The molecule has 0 saturated carbocycles. The number of rotatable bonds is 2. The minimum atomic E-state index is -4.91. The fourth-order valence-electron chi connectivity index (χ4n) is 3.33. The monoisotopic (exact) mass is 367 g/mol. The Morgan fingerprint density at radius 2 is 2.08 bits per heavy atom. The van der Waals surface area contributed by atoms with E-state index in [0.717, 1.165) is 35.0 Å². The number of alkyl halides is 3. The summed E-state index contributed by atoms with van der Waals surface area (Å²) in [6.45, 7) is 1.49. The predicted octanol–water partition coefficient (Wildman–Crippen LogP) is 5.57. The van der Waals surface area contributed by atoms with Gasteiger partial charge >= 0.3 is 6.18 Å². The van der Waals surface area contributed by atoms with Gasteiger partial charge in [0.25, 0.3) is 5.78 Å². The smallest absolute Gasteiger partial charge is 0.284 e. The van der Waals surface area contributed by atoms with Crippen LogP contribution in [-0.4, -0.2) is 16.9 Å². The minimum absolute atomic E-state index is 0.146. The van der Waals surface area contributed by atoms with E-state index in [1.54, 1.807) is 23.5 Å². The summed E-state index contributed by atoms with van der Waals surface area (Å²) >= 11 is 2.89. The highest BCUT2D eigenvalue weighted by molar-refractivity contribution is 7.19. The van der Waals surface area contributed by atoms with Crippen LogP contribution in [0.15, 0.2) is 17.5 Å². The maximum atomic E-state index is 13.2. The molecule has 1 aliphatic rings. The van der Waals surface area contributed by atoms with Crippen LogP contribution in [0, 0.1) is 6.92 Å². The molecule has 7 heteroatoms. The first-order valence-electron chi connectivity index (χ1n) is 7.48. The molecule has 3 aromatic rings. The molecule has 4 rings (SSSR count). The van der Waals surface area contributed by atoms with Crippen LogP contribution >= 0.6 is 22.7 Å². The van der Waals surface area contributed by atoms with E-state index in [0.29, 0.717) is 10.4 Å². The van der Waals surface area contributed by atoms with Crippen LogP contribution in [0.2, 0.25) is 0 Å². The van der Waals surface area contributed by atoms with E-state index in [4.69, 9.17) is 0 Å². The number of carbonyl (C=O) groups excluding carboxylic acids is 1. The van der Waals surface area contributed by atoms with Crippen LogP contribution in [0.5, 0.6) is 0 Å². The highest BCUT2D eigenvalue weighted by atomic mass is 32.1. The third-order valence-electron chi connectivity index (χ3n) is 4.29. The Morgan fingerprint density at radius 3 is 2.75 bits per heavy atom. The van der Waals surface area contributed by atoms with E-state index < -0.39 is 12.0 Å². The molecule has 0 fully saturated rings. The normalized spacial score (nSPS) is 14.3. The van der Waals surface area contributed by atoms with E-state index in [2.05, 4.69) is 4.98 Å². The molecule has 2 nitrogen and oxygen atoms in total. The number of aryl methyl sites for hydroxylation is 3. The molecule has 124 valence electrons. The number of pyridine rings is 1. The molecular weight excluding hydrogens is 355 g/mol. The Hall–Kier alpha value is -1.73. The lowest BCUT2D eigenvalue weighted by molar-refractivity contribution is -0.0885. The van der Waals surface area contributed by atoms with Crippen LogP contribution < -0.4 is 0 Å². The van der Waals surface area contributed by atoms with Crippen molar-refractivity contribution >= 4 is 38.7 Å². The van der Waals surface area contributed by atoms with Gasteiger partial charge in [-0.25, -0.2) is 4.98 Å². The van der Waals surface area contributed by atoms with Gasteiger partial charge in [0, 0.05) is 20.7 Å². The van der Waals surface area contributed by atoms with Gasteiger partial charge in [0.2, 0.25) is 0 Å². The molecule has 0 saturated heterocycles. The van der Waals surface area contributed by atoms with Crippen molar-refractivity contribution in [2.45, 2.75) is 32.4 Å². The van der Waals surface area contributed by atoms with E-state index in [-0.39, 0.29) is 11.3 Å². The minimum Gasteiger partial charge on any atom is -0.284 e. The first-order valence-corrected chi connectivity index (χ1v) is 9.17. The zero-order chi connectivity index (χ0) is 17.1. The van der Waals surface area contributed by atoms with Crippen LogP contribution in [0.1, 0.15) is 32.9 Å². The summed E-state index contributed by atoms with van der Waals surface area (Å²) in [7, 11) is 0. The molecular formula is C17H12F3NOS2. The third kappa shape index (κ3) is 2.29. The second kappa shape index (κ2) is 5.39. The van der Waals surface area contributed by atoms with Gasteiger partial charge < -0.3 is 0 Å². The fraction of sp³-hybridized carbons (Fsp3) is 0.294. The highest BCUT2D eigenvalue weighted by Crippen LogP contribution is 2.45. The molecule has 0 bridgehead atoms. The van der Waals surface area contributed by atoms with Gasteiger partial charge in [-0.1, -0.05) is 6.07 Å². The maximum Gasteiger partial charge on any atom is 0.454 e. The van der Waals surface area contributed by atoms with E-state index in [1.165, 1.54) is 23.1 Å². The van der Waals surface area contributed by atoms with Gasteiger partial charge in [0.05, 0.1) is 11.3 Å². The van der Waals surface area contributed by atoms with E-state index in [9.17, 15) is 18.0 Å². The number of aromatic nitrogens is 1. The average molecular weight is 367 g/mol. The summed E-state index contributed by atoms with van der Waals surface area (Å²) in [6.07, 6.45) is -2.15. The zero-order valence-corrected chi connectivity index (χ0v) is 14.3. The van der Waals surface area contributed by atoms with Crippen LogP contribution in [0.3, 0.4) is 0 Å². The fourth-order valence-corrected chi connectivity index (χ4v) is 5.43. The first kappa shape index (κ1) is 15.8. The predicted molar refractivity (Wildman–Crippen MR) is 90.1 cm³/mol. The summed E-state index contributed by atoms with van der Waals surface area (Å²) in [5.41, 5.74) is 1.33. The van der Waals surface area contributed by atoms with Crippen LogP contribution in [0.4, 0.5) is 13.2 Å². The molecule has 1 aliphatic carbocycles. The SMILES string of the molecule is Cc1nc2sc3c(c2c(-c2cccs2)c1C(=O)C(F)(F)F)CCC3. The van der Waals surface area contributed by atoms with Gasteiger partial charge in [-0.2, -0.15) is 13.2 Å². The van der Waals surface area contributed by atoms with Crippen molar-refractivity contribution in [3.05, 3.63) is 39.2 Å². The number of ketones is 1. The topological polar surface area (TPSA) is 30.0 Å². The van der Waals surface area contributed by atoms with Gasteiger partial charge in [0.1, 0.15) is 4.83 Å². The third-order valence-corrected chi connectivity index (χ3v) is 6.36. The van der Waals surface area contributed by atoms with Crippen LogP contribution in [0.25, 0.3) is 20.7 Å². The van der Waals surface area contributed by atoms with Gasteiger partial charge in [0.15, 0.2) is 0 Å².